The van der Waals surface area contributed by atoms with Crippen molar-refractivity contribution in [2.45, 2.75) is 31.8 Å². The molecule has 0 radical (unpaired) electrons. The highest BCUT2D eigenvalue weighted by atomic mass is 19.3. The van der Waals surface area contributed by atoms with Crippen molar-refractivity contribution < 1.29 is 41.7 Å². The molecule has 7 nitrogen and oxygen atoms in total. The Balaban J connectivity index is 1.63. The zero-order valence-electron chi connectivity index (χ0n) is 20.1. The van der Waals surface area contributed by atoms with Crippen molar-refractivity contribution in [3.63, 3.8) is 0 Å². The molecular weight excluding hydrogens is 508 g/mol. The van der Waals surface area contributed by atoms with Crippen molar-refractivity contribution in [3.05, 3.63) is 89.0 Å². The first kappa shape index (κ1) is 28.0. The van der Waals surface area contributed by atoms with Gasteiger partial charge in [-0.15, -0.1) is 0 Å². The number of aliphatic carboxylic acids is 1. The molecule has 38 heavy (non-hydrogen) atoms. The predicted octanol–water partition coefficient (Wildman–Crippen LogP) is 5.80. The first-order valence-electron chi connectivity index (χ1n) is 11.2. The highest BCUT2D eigenvalue weighted by molar-refractivity contribution is 5.92. The van der Waals surface area contributed by atoms with E-state index in [4.69, 9.17) is 16.2 Å². The Labute approximate surface area is 215 Å². The number of esters is 1. The minimum absolute atomic E-state index is 0.0279. The smallest absolute Gasteiger partial charge is 0.463 e. The van der Waals surface area contributed by atoms with Crippen LogP contribution in [0.15, 0.2) is 72.3 Å². The van der Waals surface area contributed by atoms with Gasteiger partial charge in [-0.05, 0) is 78.6 Å². The Hall–Kier alpha value is -4.54. The number of carbonyl (C=O) groups is 2. The quantitative estimate of drug-likeness (QED) is 0.0991. The molecule has 0 saturated carbocycles. The van der Waals surface area contributed by atoms with Gasteiger partial charge in [-0.3, -0.25) is 0 Å². The van der Waals surface area contributed by atoms with Crippen LogP contribution in [-0.4, -0.2) is 29.1 Å². The fourth-order valence-corrected chi connectivity index (χ4v) is 3.25. The first-order valence-corrected chi connectivity index (χ1v) is 11.2. The van der Waals surface area contributed by atoms with Gasteiger partial charge in [0.1, 0.15) is 11.5 Å². The van der Waals surface area contributed by atoms with E-state index >= 15 is 0 Å². The lowest BCUT2D eigenvalue weighted by molar-refractivity contribution is -0.301. The zero-order chi connectivity index (χ0) is 28.1. The van der Waals surface area contributed by atoms with Crippen LogP contribution in [0.2, 0.25) is 0 Å². The van der Waals surface area contributed by atoms with Gasteiger partial charge in [0.15, 0.2) is 0 Å². The lowest BCUT2D eigenvalue weighted by atomic mass is 10.0. The van der Waals surface area contributed by atoms with Crippen LogP contribution in [-0.2, 0) is 11.2 Å². The van der Waals surface area contributed by atoms with Crippen LogP contribution in [0.25, 0.3) is 6.08 Å². The minimum atomic E-state index is -4.73. The number of nitrogen functional groups attached to an aromatic ring is 2. The van der Waals surface area contributed by atoms with Gasteiger partial charge >= 0.3 is 24.0 Å². The summed E-state index contributed by atoms with van der Waals surface area (Å²) in [5, 5.41) is 9.57. The number of hydrogen-bond acceptors (Lipinski definition) is 6. The number of rotatable bonds is 10. The molecular formula is C27H24F4N2O5. The molecule has 3 rings (SSSR count). The van der Waals surface area contributed by atoms with Crippen molar-refractivity contribution in [2.75, 3.05) is 11.5 Å². The standard InChI is InChI=1S/C27H24F4N2O5/c1-26(28,29)27(30,31)38-22-12-7-18(8-13-22)25(36)37-21-10-2-16(3-11-21)14-19(24(34)35)5-4-17-6-9-20(32)15-23(17)33/h2-3,6-15H,4-5,32-33H2,1H3,(H,34,35)/b19-14+. The van der Waals surface area contributed by atoms with Crippen molar-refractivity contribution in [2.24, 2.45) is 0 Å². The Morgan fingerprint density at radius 2 is 1.53 bits per heavy atom. The summed E-state index contributed by atoms with van der Waals surface area (Å²) in [4.78, 5) is 24.1. The van der Waals surface area contributed by atoms with E-state index in [0.717, 1.165) is 29.8 Å². The van der Waals surface area contributed by atoms with Gasteiger partial charge in [0.2, 0.25) is 0 Å². The van der Waals surface area contributed by atoms with E-state index in [2.05, 4.69) is 4.74 Å². The number of benzene rings is 3. The number of carbonyl (C=O) groups excluding carboxylic acids is 1. The molecule has 5 N–H and O–H groups in total. The first-order chi connectivity index (χ1) is 17.7. The van der Waals surface area contributed by atoms with Crippen molar-refractivity contribution in [1.82, 2.24) is 0 Å². The largest absolute Gasteiger partial charge is 0.478 e. The monoisotopic (exact) mass is 532 g/mol. The van der Waals surface area contributed by atoms with E-state index < -0.39 is 29.7 Å². The van der Waals surface area contributed by atoms with E-state index in [-0.39, 0.29) is 30.2 Å². The number of carboxylic acids is 1. The van der Waals surface area contributed by atoms with Gasteiger partial charge in [0.25, 0.3) is 0 Å². The average molecular weight is 532 g/mol. The molecule has 200 valence electrons. The van der Waals surface area contributed by atoms with Gasteiger partial charge in [0.05, 0.1) is 5.56 Å². The molecule has 0 spiro atoms. The van der Waals surface area contributed by atoms with Crippen molar-refractivity contribution >= 4 is 29.4 Å². The molecule has 3 aromatic rings. The molecule has 0 fully saturated rings. The number of hydrogen-bond donors (Lipinski definition) is 3. The molecule has 0 aliphatic carbocycles. The number of ether oxygens (including phenoxy) is 2. The third kappa shape index (κ3) is 7.25. The minimum Gasteiger partial charge on any atom is -0.478 e. The summed E-state index contributed by atoms with van der Waals surface area (Å²) in [6.45, 7) is 0.0279. The Kier molecular flexibility index (Phi) is 8.29. The maximum atomic E-state index is 13.4. The second kappa shape index (κ2) is 11.2. The SMILES string of the molecule is CC(F)(F)C(F)(F)Oc1ccc(C(=O)Oc2ccc(/C=C(\CCc3ccc(N)cc3N)C(=O)O)cc2)cc1. The summed E-state index contributed by atoms with van der Waals surface area (Å²) in [6.07, 6.45) is -2.64. The van der Waals surface area contributed by atoms with Crippen LogP contribution in [0.3, 0.4) is 0 Å². The van der Waals surface area contributed by atoms with Crippen molar-refractivity contribution in [3.8, 4) is 11.5 Å². The highest BCUT2D eigenvalue weighted by Crippen LogP contribution is 2.35. The summed E-state index contributed by atoms with van der Waals surface area (Å²) in [7, 11) is 0. The summed E-state index contributed by atoms with van der Waals surface area (Å²) in [5.41, 5.74) is 14.0. The van der Waals surface area contributed by atoms with Gasteiger partial charge in [-0.2, -0.15) is 17.6 Å². The van der Waals surface area contributed by atoms with E-state index in [1.165, 1.54) is 18.2 Å². The predicted molar refractivity (Wildman–Crippen MR) is 133 cm³/mol. The van der Waals surface area contributed by atoms with Crippen LogP contribution < -0.4 is 20.9 Å². The maximum Gasteiger partial charge on any atom is 0.463 e. The molecule has 0 atom stereocenters. The number of anilines is 2. The third-order valence-corrected chi connectivity index (χ3v) is 5.39. The Morgan fingerprint density at radius 3 is 2.08 bits per heavy atom. The van der Waals surface area contributed by atoms with Crippen LogP contribution >= 0.6 is 0 Å². The molecule has 0 aliphatic rings. The third-order valence-electron chi connectivity index (χ3n) is 5.39. The lowest BCUT2D eigenvalue weighted by Gasteiger charge is -2.23. The fourth-order valence-electron chi connectivity index (χ4n) is 3.25. The van der Waals surface area contributed by atoms with Crippen molar-refractivity contribution in [1.29, 1.82) is 0 Å². The van der Waals surface area contributed by atoms with Gasteiger partial charge in [-0.1, -0.05) is 18.2 Å². The van der Waals surface area contributed by atoms with Crippen LogP contribution in [0, 0.1) is 0 Å². The number of nitrogens with two attached hydrogens (primary N) is 2. The van der Waals surface area contributed by atoms with Gasteiger partial charge in [-0.25, -0.2) is 9.59 Å². The van der Waals surface area contributed by atoms with Crippen LogP contribution in [0.1, 0.15) is 34.8 Å². The number of carboxylic acid groups (broad SMARTS) is 1. The molecule has 0 unspecified atom stereocenters. The lowest BCUT2D eigenvalue weighted by Crippen LogP contribution is -2.42. The summed E-state index contributed by atoms with van der Waals surface area (Å²) in [6, 6.07) is 15.1. The molecule has 0 aliphatic heterocycles. The van der Waals surface area contributed by atoms with Crippen LogP contribution in [0.5, 0.6) is 11.5 Å². The molecule has 3 aromatic carbocycles. The Bertz CT molecular complexity index is 1340. The number of aryl methyl sites for hydroxylation is 1. The maximum absolute atomic E-state index is 13.4. The second-order valence-corrected chi connectivity index (χ2v) is 8.42. The van der Waals surface area contributed by atoms with E-state index in [1.807, 2.05) is 0 Å². The van der Waals surface area contributed by atoms with E-state index in [0.29, 0.717) is 23.4 Å². The van der Waals surface area contributed by atoms with Gasteiger partial charge < -0.3 is 26.0 Å². The van der Waals surface area contributed by atoms with Crippen LogP contribution in [0.4, 0.5) is 28.9 Å². The number of halogens is 4. The topological polar surface area (TPSA) is 125 Å². The number of alkyl halides is 4. The fraction of sp³-hybridized carbons (Fsp3) is 0.185. The average Bonchev–Trinajstić information content (AvgIpc) is 2.83. The summed E-state index contributed by atoms with van der Waals surface area (Å²) in [5.74, 6) is -6.75. The zero-order valence-corrected chi connectivity index (χ0v) is 20.1. The molecule has 0 heterocycles. The molecule has 0 saturated heterocycles. The summed E-state index contributed by atoms with van der Waals surface area (Å²) >= 11 is 0. The molecule has 0 aromatic heterocycles. The van der Waals surface area contributed by atoms with Gasteiger partial charge in [0, 0.05) is 23.9 Å². The normalized spacial score (nSPS) is 12.2. The molecule has 0 bridgehead atoms. The van der Waals surface area contributed by atoms with E-state index in [1.54, 1.807) is 30.3 Å². The molecule has 0 amide bonds. The Morgan fingerprint density at radius 1 is 0.921 bits per heavy atom. The van der Waals surface area contributed by atoms with E-state index in [9.17, 15) is 32.3 Å². The highest BCUT2D eigenvalue weighted by Gasteiger charge is 2.55. The summed E-state index contributed by atoms with van der Waals surface area (Å²) < 4.78 is 61.8. The second-order valence-electron chi connectivity index (χ2n) is 8.42. The molecule has 11 heteroatoms.